The van der Waals surface area contributed by atoms with Gasteiger partial charge in [-0.2, -0.15) is 0 Å². The lowest BCUT2D eigenvalue weighted by molar-refractivity contribution is 0.290. The van der Waals surface area contributed by atoms with Gasteiger partial charge in [-0.3, -0.25) is 0 Å². The molecule has 1 aliphatic carbocycles. The van der Waals surface area contributed by atoms with Crippen LogP contribution in [0.4, 0.5) is 0 Å². The maximum atomic E-state index is 5.85. The molecule has 0 aromatic carbocycles. The minimum atomic E-state index is 0.617. The summed E-state index contributed by atoms with van der Waals surface area (Å²) in [6, 6.07) is 0. The van der Waals surface area contributed by atoms with Gasteiger partial charge >= 0.3 is 0 Å². The van der Waals surface area contributed by atoms with Crippen LogP contribution < -0.4 is 4.74 Å². The second kappa shape index (κ2) is 12.7. The van der Waals surface area contributed by atoms with E-state index in [-0.39, 0.29) is 0 Å². The van der Waals surface area contributed by atoms with Gasteiger partial charge in [-0.1, -0.05) is 77.6 Å². The van der Waals surface area contributed by atoms with Gasteiger partial charge in [0, 0.05) is 5.92 Å². The van der Waals surface area contributed by atoms with E-state index in [2.05, 4.69) is 32.8 Å². The van der Waals surface area contributed by atoms with E-state index in [1.165, 1.54) is 83.5 Å². The van der Waals surface area contributed by atoms with Crippen molar-refractivity contribution in [3.8, 4) is 5.88 Å². The Balaban J connectivity index is 1.42. The van der Waals surface area contributed by atoms with Gasteiger partial charge in [0.25, 0.3) is 0 Å². The molecule has 0 radical (unpaired) electrons. The Morgan fingerprint density at radius 3 is 2.00 bits per heavy atom. The summed E-state index contributed by atoms with van der Waals surface area (Å²) in [6.45, 7) is 3.04. The number of halogens is 1. The molecule has 1 heterocycles. The molecule has 0 N–H and O–H groups in total. The van der Waals surface area contributed by atoms with E-state index < -0.39 is 0 Å². The monoisotopic (exact) mass is 410 g/mol. The Labute approximate surface area is 162 Å². The second-order valence-corrected chi connectivity index (χ2v) is 8.18. The quantitative estimate of drug-likeness (QED) is 0.286. The molecule has 1 aliphatic rings. The fourth-order valence-electron chi connectivity index (χ4n) is 3.22. The Bertz CT molecular complexity index is 477. The van der Waals surface area contributed by atoms with Crippen molar-refractivity contribution in [1.29, 1.82) is 0 Å². The molecule has 25 heavy (non-hydrogen) atoms. The van der Waals surface area contributed by atoms with Gasteiger partial charge in [-0.05, 0) is 35.2 Å². The summed E-state index contributed by atoms with van der Waals surface area (Å²) in [5.41, 5.74) is 1.12. The Hall–Kier alpha value is -0.640. The van der Waals surface area contributed by atoms with Gasteiger partial charge in [0.1, 0.15) is 10.8 Å². The van der Waals surface area contributed by atoms with E-state index in [9.17, 15) is 0 Å². The van der Waals surface area contributed by atoms with E-state index in [4.69, 9.17) is 4.74 Å². The summed E-state index contributed by atoms with van der Waals surface area (Å²) in [7, 11) is 0. The standard InChI is InChI=1S/C21H35BrN2O/c1-2-3-4-5-6-7-8-9-10-11-12-13-16-25-21-19(22)20(18-14-15-18)23-17-24-21/h17-18H,2-16H2,1H3. The predicted octanol–water partition coefficient (Wildman–Crippen LogP) is 7.20. The first-order valence-electron chi connectivity index (χ1n) is 10.5. The third-order valence-corrected chi connectivity index (χ3v) is 5.73. The smallest absolute Gasteiger partial charge is 0.231 e. The zero-order chi connectivity index (χ0) is 17.7. The van der Waals surface area contributed by atoms with Crippen LogP contribution in [0.15, 0.2) is 10.8 Å². The largest absolute Gasteiger partial charge is 0.477 e. The van der Waals surface area contributed by atoms with Gasteiger partial charge in [-0.25, -0.2) is 9.97 Å². The van der Waals surface area contributed by atoms with Crippen molar-refractivity contribution >= 4 is 15.9 Å². The van der Waals surface area contributed by atoms with Gasteiger partial charge in [-0.15, -0.1) is 0 Å². The molecular weight excluding hydrogens is 376 g/mol. The first-order chi connectivity index (χ1) is 12.3. The molecule has 1 saturated carbocycles. The van der Waals surface area contributed by atoms with Crippen LogP contribution in [0.5, 0.6) is 5.88 Å². The van der Waals surface area contributed by atoms with Crippen molar-refractivity contribution in [2.45, 2.75) is 103 Å². The average molecular weight is 411 g/mol. The fourth-order valence-corrected chi connectivity index (χ4v) is 3.86. The molecule has 0 amide bonds. The van der Waals surface area contributed by atoms with Crippen LogP contribution in [-0.4, -0.2) is 16.6 Å². The summed E-state index contributed by atoms with van der Waals surface area (Å²) in [4.78, 5) is 8.64. The molecule has 0 saturated heterocycles. The molecule has 3 nitrogen and oxygen atoms in total. The van der Waals surface area contributed by atoms with Crippen molar-refractivity contribution < 1.29 is 4.74 Å². The molecule has 142 valence electrons. The van der Waals surface area contributed by atoms with Crippen LogP contribution >= 0.6 is 15.9 Å². The number of aromatic nitrogens is 2. The predicted molar refractivity (Wildman–Crippen MR) is 108 cm³/mol. The second-order valence-electron chi connectivity index (χ2n) is 7.39. The highest BCUT2D eigenvalue weighted by molar-refractivity contribution is 9.10. The van der Waals surface area contributed by atoms with Crippen molar-refractivity contribution in [3.63, 3.8) is 0 Å². The lowest BCUT2D eigenvalue weighted by Gasteiger charge is -2.09. The van der Waals surface area contributed by atoms with Gasteiger partial charge in [0.15, 0.2) is 0 Å². The summed E-state index contributed by atoms with van der Waals surface area (Å²) < 4.78 is 6.82. The van der Waals surface area contributed by atoms with E-state index in [0.717, 1.165) is 29.1 Å². The van der Waals surface area contributed by atoms with Crippen LogP contribution in [0.2, 0.25) is 0 Å². The Kier molecular flexibility index (Phi) is 10.5. The average Bonchev–Trinajstić information content (AvgIpc) is 3.45. The van der Waals surface area contributed by atoms with Crippen LogP contribution in [0.3, 0.4) is 0 Å². The van der Waals surface area contributed by atoms with E-state index in [0.29, 0.717) is 5.92 Å². The van der Waals surface area contributed by atoms with Crippen LogP contribution in [-0.2, 0) is 0 Å². The number of hydrogen-bond acceptors (Lipinski definition) is 3. The van der Waals surface area contributed by atoms with Crippen LogP contribution in [0.25, 0.3) is 0 Å². The van der Waals surface area contributed by atoms with Crippen LogP contribution in [0.1, 0.15) is 108 Å². The lowest BCUT2D eigenvalue weighted by atomic mass is 10.1. The zero-order valence-corrected chi connectivity index (χ0v) is 17.5. The summed E-state index contributed by atoms with van der Waals surface area (Å²) in [6.07, 6.45) is 20.5. The van der Waals surface area contributed by atoms with Crippen molar-refractivity contribution in [2.75, 3.05) is 6.61 Å². The molecule has 2 rings (SSSR count). The van der Waals surface area contributed by atoms with E-state index >= 15 is 0 Å². The summed E-state index contributed by atoms with van der Waals surface area (Å²) in [5.74, 6) is 1.34. The molecule has 0 unspecified atom stereocenters. The molecule has 0 spiro atoms. The fraction of sp³-hybridized carbons (Fsp3) is 0.810. The normalized spacial score (nSPS) is 14.0. The number of nitrogens with zero attached hydrogens (tertiary/aromatic N) is 2. The van der Waals surface area contributed by atoms with E-state index in [1.807, 2.05) is 0 Å². The third kappa shape index (κ3) is 8.52. The van der Waals surface area contributed by atoms with Gasteiger partial charge in [0.2, 0.25) is 5.88 Å². The molecule has 0 atom stereocenters. The van der Waals surface area contributed by atoms with Crippen molar-refractivity contribution in [1.82, 2.24) is 9.97 Å². The maximum Gasteiger partial charge on any atom is 0.231 e. The number of ether oxygens (including phenoxy) is 1. The Morgan fingerprint density at radius 1 is 0.880 bits per heavy atom. The number of rotatable bonds is 15. The highest BCUT2D eigenvalue weighted by Gasteiger charge is 2.28. The third-order valence-electron chi connectivity index (χ3n) is 4.99. The highest BCUT2D eigenvalue weighted by atomic mass is 79.9. The highest BCUT2D eigenvalue weighted by Crippen LogP contribution is 2.43. The number of unbranched alkanes of at least 4 members (excludes halogenated alkanes) is 11. The van der Waals surface area contributed by atoms with E-state index in [1.54, 1.807) is 6.33 Å². The topological polar surface area (TPSA) is 35.0 Å². The minimum Gasteiger partial charge on any atom is -0.477 e. The molecular formula is C21H35BrN2O. The first-order valence-corrected chi connectivity index (χ1v) is 11.3. The summed E-state index contributed by atoms with van der Waals surface area (Å²) in [5, 5.41) is 0. The van der Waals surface area contributed by atoms with Crippen LogP contribution in [0, 0.1) is 0 Å². The molecule has 1 aromatic heterocycles. The molecule has 4 heteroatoms. The first kappa shape index (κ1) is 20.7. The van der Waals surface area contributed by atoms with Gasteiger partial charge < -0.3 is 4.74 Å². The Morgan fingerprint density at radius 2 is 1.44 bits per heavy atom. The van der Waals surface area contributed by atoms with Crippen molar-refractivity contribution in [2.24, 2.45) is 0 Å². The zero-order valence-electron chi connectivity index (χ0n) is 15.9. The van der Waals surface area contributed by atoms with Gasteiger partial charge in [0.05, 0.1) is 12.3 Å². The molecule has 0 bridgehead atoms. The SMILES string of the molecule is CCCCCCCCCCCCCCOc1ncnc(C2CC2)c1Br. The molecule has 0 aliphatic heterocycles. The van der Waals surface area contributed by atoms with Crippen molar-refractivity contribution in [3.05, 3.63) is 16.5 Å². The number of hydrogen-bond donors (Lipinski definition) is 0. The molecule has 1 aromatic rings. The molecule has 1 fully saturated rings. The maximum absolute atomic E-state index is 5.85. The lowest BCUT2D eigenvalue weighted by Crippen LogP contribution is -2.02. The summed E-state index contributed by atoms with van der Waals surface area (Å²) >= 11 is 3.61. The minimum absolute atomic E-state index is 0.617.